The van der Waals surface area contributed by atoms with Crippen LogP contribution in [0.1, 0.15) is 25.3 Å². The Labute approximate surface area is 94.5 Å². The molecular formula is C11H17BrN2. The van der Waals surface area contributed by atoms with Gasteiger partial charge in [0.1, 0.15) is 5.82 Å². The van der Waals surface area contributed by atoms with Crippen LogP contribution in [0.2, 0.25) is 0 Å². The predicted octanol–water partition coefficient (Wildman–Crippen LogP) is 3.21. The van der Waals surface area contributed by atoms with Crippen molar-refractivity contribution in [2.45, 2.75) is 25.1 Å². The summed E-state index contributed by atoms with van der Waals surface area (Å²) in [4.78, 5) is 6.59. The second-order valence-corrected chi connectivity index (χ2v) is 3.99. The van der Waals surface area contributed by atoms with Crippen LogP contribution in [0.25, 0.3) is 0 Å². The second-order valence-electron chi connectivity index (χ2n) is 3.43. The van der Waals surface area contributed by atoms with E-state index in [2.05, 4.69) is 51.9 Å². The van der Waals surface area contributed by atoms with E-state index in [0.29, 0.717) is 0 Å². The van der Waals surface area contributed by atoms with Gasteiger partial charge in [0.15, 0.2) is 0 Å². The fraction of sp³-hybridized carbons (Fsp3) is 0.545. The van der Waals surface area contributed by atoms with Gasteiger partial charge < -0.3 is 4.90 Å². The van der Waals surface area contributed by atoms with E-state index in [1.165, 1.54) is 18.4 Å². The number of aromatic nitrogens is 1. The van der Waals surface area contributed by atoms with Gasteiger partial charge in [0, 0.05) is 25.1 Å². The molecule has 78 valence electrons. The van der Waals surface area contributed by atoms with Gasteiger partial charge in [0.2, 0.25) is 0 Å². The average molecular weight is 257 g/mol. The van der Waals surface area contributed by atoms with Crippen LogP contribution in [0.3, 0.4) is 0 Å². The van der Waals surface area contributed by atoms with Gasteiger partial charge in [-0.05, 0) is 18.1 Å². The van der Waals surface area contributed by atoms with E-state index in [4.69, 9.17) is 0 Å². The van der Waals surface area contributed by atoms with E-state index < -0.39 is 0 Å². The number of alkyl halides is 1. The van der Waals surface area contributed by atoms with E-state index in [1.807, 2.05) is 6.20 Å². The normalized spacial score (nSPS) is 10.2. The van der Waals surface area contributed by atoms with Crippen molar-refractivity contribution in [1.29, 1.82) is 0 Å². The molecule has 1 rings (SSSR count). The molecule has 1 aromatic heterocycles. The molecule has 0 radical (unpaired) electrons. The highest BCUT2D eigenvalue weighted by Gasteiger charge is 2.00. The van der Waals surface area contributed by atoms with Crippen LogP contribution in [0.15, 0.2) is 18.3 Å². The molecule has 0 N–H and O–H groups in total. The van der Waals surface area contributed by atoms with E-state index in [-0.39, 0.29) is 0 Å². The lowest BCUT2D eigenvalue weighted by atomic mass is 10.3. The third kappa shape index (κ3) is 3.29. The first-order chi connectivity index (χ1) is 6.77. The number of rotatable bonds is 5. The summed E-state index contributed by atoms with van der Waals surface area (Å²) >= 11 is 3.41. The monoisotopic (exact) mass is 256 g/mol. The molecule has 14 heavy (non-hydrogen) atoms. The Bertz CT molecular complexity index is 258. The summed E-state index contributed by atoms with van der Waals surface area (Å²) in [5.74, 6) is 1.06. The van der Waals surface area contributed by atoms with Crippen LogP contribution in [0, 0.1) is 0 Å². The molecule has 0 unspecified atom stereocenters. The van der Waals surface area contributed by atoms with Gasteiger partial charge in [-0.2, -0.15) is 0 Å². The van der Waals surface area contributed by atoms with Gasteiger partial charge >= 0.3 is 0 Å². The van der Waals surface area contributed by atoms with Gasteiger partial charge in [-0.15, -0.1) is 0 Å². The zero-order valence-corrected chi connectivity index (χ0v) is 10.4. The summed E-state index contributed by atoms with van der Waals surface area (Å²) in [6, 6.07) is 4.19. The van der Waals surface area contributed by atoms with E-state index in [1.54, 1.807) is 0 Å². The summed E-state index contributed by atoms with van der Waals surface area (Å²) < 4.78 is 0. The fourth-order valence-electron chi connectivity index (χ4n) is 1.23. The summed E-state index contributed by atoms with van der Waals surface area (Å²) in [6.45, 7) is 3.28. The molecule has 1 aromatic rings. The quantitative estimate of drug-likeness (QED) is 0.753. The molecule has 0 fully saturated rings. The summed E-state index contributed by atoms with van der Waals surface area (Å²) in [5.41, 5.74) is 1.22. The molecule has 0 saturated heterocycles. The van der Waals surface area contributed by atoms with Gasteiger partial charge in [0.05, 0.1) is 0 Å². The third-order valence-electron chi connectivity index (χ3n) is 2.20. The number of hydrogen-bond acceptors (Lipinski definition) is 2. The summed E-state index contributed by atoms with van der Waals surface area (Å²) in [6.07, 6.45) is 4.37. The molecule has 0 aromatic carbocycles. The molecule has 0 aliphatic heterocycles. The maximum atomic E-state index is 4.40. The van der Waals surface area contributed by atoms with Gasteiger partial charge in [0.25, 0.3) is 0 Å². The summed E-state index contributed by atoms with van der Waals surface area (Å²) in [7, 11) is 2.09. The number of unbranched alkanes of at least 4 members (excludes halogenated alkanes) is 1. The van der Waals surface area contributed by atoms with Crippen molar-refractivity contribution in [3.05, 3.63) is 23.9 Å². The smallest absolute Gasteiger partial charge is 0.128 e. The SMILES string of the molecule is CCCCN(C)c1ccc(CBr)cn1. The molecule has 0 saturated carbocycles. The predicted molar refractivity (Wildman–Crippen MR) is 65.0 cm³/mol. The first-order valence-corrected chi connectivity index (χ1v) is 6.12. The van der Waals surface area contributed by atoms with E-state index in [9.17, 15) is 0 Å². The molecule has 0 spiro atoms. The molecule has 0 bridgehead atoms. The first-order valence-electron chi connectivity index (χ1n) is 5.00. The highest BCUT2D eigenvalue weighted by atomic mass is 79.9. The lowest BCUT2D eigenvalue weighted by molar-refractivity contribution is 0.759. The molecule has 0 aliphatic rings. The van der Waals surface area contributed by atoms with E-state index >= 15 is 0 Å². The van der Waals surface area contributed by atoms with Gasteiger partial charge in [-0.1, -0.05) is 35.3 Å². The van der Waals surface area contributed by atoms with Gasteiger partial charge in [-0.25, -0.2) is 4.98 Å². The number of nitrogens with zero attached hydrogens (tertiary/aromatic N) is 2. The zero-order valence-electron chi connectivity index (χ0n) is 8.83. The Balaban J connectivity index is 2.57. The summed E-state index contributed by atoms with van der Waals surface area (Å²) in [5, 5.41) is 0.874. The van der Waals surface area contributed by atoms with Gasteiger partial charge in [-0.3, -0.25) is 0 Å². The Morgan fingerprint density at radius 1 is 1.43 bits per heavy atom. The minimum absolute atomic E-state index is 0.874. The minimum Gasteiger partial charge on any atom is -0.360 e. The van der Waals surface area contributed by atoms with E-state index in [0.717, 1.165) is 17.7 Å². The van der Waals surface area contributed by atoms with Crippen molar-refractivity contribution >= 4 is 21.7 Å². The molecule has 1 heterocycles. The standard InChI is InChI=1S/C11H17BrN2/c1-3-4-7-14(2)11-6-5-10(8-12)9-13-11/h5-6,9H,3-4,7-8H2,1-2H3. The van der Waals surface area contributed by atoms with Crippen LogP contribution in [0.5, 0.6) is 0 Å². The zero-order chi connectivity index (χ0) is 10.4. The molecule has 0 aliphatic carbocycles. The van der Waals surface area contributed by atoms with Crippen molar-refractivity contribution in [1.82, 2.24) is 4.98 Å². The molecule has 2 nitrogen and oxygen atoms in total. The highest BCUT2D eigenvalue weighted by molar-refractivity contribution is 9.08. The fourth-order valence-corrected chi connectivity index (χ4v) is 1.56. The Hall–Kier alpha value is -0.570. The second kappa shape index (κ2) is 6.02. The van der Waals surface area contributed by atoms with Crippen LogP contribution in [-0.2, 0) is 5.33 Å². The molecular weight excluding hydrogens is 240 g/mol. The first kappa shape index (κ1) is 11.5. The van der Waals surface area contributed by atoms with Crippen molar-refractivity contribution < 1.29 is 0 Å². The van der Waals surface area contributed by atoms with Crippen LogP contribution in [0.4, 0.5) is 5.82 Å². The Kier molecular flexibility index (Phi) is 4.94. The van der Waals surface area contributed by atoms with Crippen molar-refractivity contribution in [2.75, 3.05) is 18.5 Å². The third-order valence-corrected chi connectivity index (χ3v) is 2.85. The lowest BCUT2D eigenvalue weighted by Crippen LogP contribution is -2.19. The number of halogens is 1. The number of hydrogen-bond donors (Lipinski definition) is 0. The largest absolute Gasteiger partial charge is 0.360 e. The Morgan fingerprint density at radius 2 is 2.21 bits per heavy atom. The van der Waals surface area contributed by atoms with Crippen molar-refractivity contribution in [3.8, 4) is 0 Å². The Morgan fingerprint density at radius 3 is 2.71 bits per heavy atom. The number of pyridine rings is 1. The number of anilines is 1. The molecule has 0 atom stereocenters. The maximum absolute atomic E-state index is 4.40. The lowest BCUT2D eigenvalue weighted by Gasteiger charge is -2.17. The minimum atomic E-state index is 0.874. The molecule has 0 amide bonds. The van der Waals surface area contributed by atoms with Crippen LogP contribution < -0.4 is 4.90 Å². The average Bonchev–Trinajstić information content (AvgIpc) is 2.26. The van der Waals surface area contributed by atoms with Crippen LogP contribution in [-0.4, -0.2) is 18.6 Å². The van der Waals surface area contributed by atoms with Crippen molar-refractivity contribution in [2.24, 2.45) is 0 Å². The highest BCUT2D eigenvalue weighted by Crippen LogP contribution is 2.11. The topological polar surface area (TPSA) is 16.1 Å². The van der Waals surface area contributed by atoms with Crippen molar-refractivity contribution in [3.63, 3.8) is 0 Å². The maximum Gasteiger partial charge on any atom is 0.128 e. The molecule has 3 heteroatoms. The van der Waals surface area contributed by atoms with Crippen LogP contribution >= 0.6 is 15.9 Å².